The second-order valence-corrected chi connectivity index (χ2v) is 6.05. The molecule has 1 atom stereocenters. The van der Waals surface area contributed by atoms with Crippen LogP contribution in [0.5, 0.6) is 0 Å². The first-order valence-corrected chi connectivity index (χ1v) is 7.77. The molecule has 4 nitrogen and oxygen atoms in total. The number of carboxylic acid groups (broad SMARTS) is 1. The maximum atomic E-state index is 12.3. The second kappa shape index (κ2) is 6.70. The number of hydrogen-bond donors (Lipinski definition) is 1. The smallest absolute Gasteiger partial charge is 0.328 e. The molecule has 2 heterocycles. The topological polar surface area (TPSA) is 57.6 Å². The van der Waals surface area contributed by atoms with Crippen LogP contribution < -0.4 is 0 Å². The van der Waals surface area contributed by atoms with Crippen molar-refractivity contribution in [3.05, 3.63) is 28.0 Å². The summed E-state index contributed by atoms with van der Waals surface area (Å²) in [5.74, 6) is -0.281. The zero-order valence-corrected chi connectivity index (χ0v) is 12.4. The first kappa shape index (κ1) is 14.8. The number of carbonyl (C=O) groups is 2. The highest BCUT2D eigenvalue weighted by Gasteiger charge is 2.26. The van der Waals surface area contributed by atoms with Crippen molar-refractivity contribution in [2.75, 3.05) is 13.1 Å². The molecular formula is C15H19NO3S. The van der Waals surface area contributed by atoms with Crippen molar-refractivity contribution in [3.63, 3.8) is 0 Å². The molecule has 2 rings (SSSR count). The summed E-state index contributed by atoms with van der Waals surface area (Å²) in [5.41, 5.74) is 0.664. The molecule has 1 N–H and O–H groups in total. The van der Waals surface area contributed by atoms with Gasteiger partial charge in [-0.05, 0) is 30.9 Å². The lowest BCUT2D eigenvalue weighted by Gasteiger charge is -2.15. The van der Waals surface area contributed by atoms with Gasteiger partial charge in [-0.2, -0.15) is 0 Å². The molecule has 0 radical (unpaired) electrons. The van der Waals surface area contributed by atoms with Gasteiger partial charge in [0, 0.05) is 29.4 Å². The number of likely N-dealkylation sites (tertiary alicyclic amines) is 1. The lowest BCUT2D eigenvalue weighted by Crippen LogP contribution is -2.28. The summed E-state index contributed by atoms with van der Waals surface area (Å²) in [5, 5.41) is 10.4. The van der Waals surface area contributed by atoms with E-state index in [0.717, 1.165) is 36.9 Å². The van der Waals surface area contributed by atoms with E-state index in [1.54, 1.807) is 11.4 Å². The maximum Gasteiger partial charge on any atom is 0.328 e. The Morgan fingerprint density at radius 1 is 1.55 bits per heavy atom. The zero-order valence-electron chi connectivity index (χ0n) is 11.5. The van der Waals surface area contributed by atoms with E-state index >= 15 is 0 Å². The van der Waals surface area contributed by atoms with Gasteiger partial charge in [-0.1, -0.05) is 13.3 Å². The molecule has 0 bridgehead atoms. The zero-order chi connectivity index (χ0) is 14.5. The molecule has 5 heteroatoms. The largest absolute Gasteiger partial charge is 0.478 e. The van der Waals surface area contributed by atoms with E-state index in [1.807, 2.05) is 4.90 Å². The van der Waals surface area contributed by atoms with Gasteiger partial charge in [-0.3, -0.25) is 4.79 Å². The number of hydrogen-bond acceptors (Lipinski definition) is 3. The van der Waals surface area contributed by atoms with Crippen molar-refractivity contribution in [1.82, 2.24) is 4.90 Å². The molecule has 20 heavy (non-hydrogen) atoms. The van der Waals surface area contributed by atoms with E-state index in [-0.39, 0.29) is 5.91 Å². The van der Waals surface area contributed by atoms with Crippen molar-refractivity contribution in [1.29, 1.82) is 0 Å². The fourth-order valence-electron chi connectivity index (χ4n) is 2.55. The molecule has 1 saturated heterocycles. The highest BCUT2D eigenvalue weighted by Crippen LogP contribution is 2.24. The van der Waals surface area contributed by atoms with Crippen LogP contribution in [0.3, 0.4) is 0 Å². The Bertz CT molecular complexity index is 521. The third-order valence-corrected chi connectivity index (χ3v) is 4.42. The monoisotopic (exact) mass is 293 g/mol. The molecule has 1 aliphatic heterocycles. The molecule has 0 aliphatic carbocycles. The van der Waals surface area contributed by atoms with Crippen LogP contribution in [0.25, 0.3) is 6.08 Å². The van der Waals surface area contributed by atoms with Gasteiger partial charge in [0.25, 0.3) is 5.91 Å². The van der Waals surface area contributed by atoms with Gasteiger partial charge in [0.05, 0.1) is 5.56 Å². The van der Waals surface area contributed by atoms with Gasteiger partial charge in [-0.15, -0.1) is 11.3 Å². The van der Waals surface area contributed by atoms with Crippen LogP contribution in [0, 0.1) is 5.92 Å². The van der Waals surface area contributed by atoms with E-state index in [4.69, 9.17) is 5.11 Å². The van der Waals surface area contributed by atoms with Crippen LogP contribution >= 0.6 is 11.3 Å². The van der Waals surface area contributed by atoms with Crippen LogP contribution in [-0.2, 0) is 4.79 Å². The summed E-state index contributed by atoms with van der Waals surface area (Å²) in [4.78, 5) is 25.5. The Balaban J connectivity index is 1.98. The first-order valence-electron chi connectivity index (χ1n) is 6.89. The summed E-state index contributed by atoms with van der Waals surface area (Å²) in [6.45, 7) is 3.85. The fourth-order valence-corrected chi connectivity index (χ4v) is 3.32. The Hall–Kier alpha value is -1.62. The number of amides is 1. The highest BCUT2D eigenvalue weighted by molar-refractivity contribution is 7.11. The normalized spacial score (nSPS) is 18.9. The van der Waals surface area contributed by atoms with Crippen molar-refractivity contribution in [2.45, 2.75) is 26.2 Å². The van der Waals surface area contributed by atoms with Gasteiger partial charge in [0.15, 0.2) is 0 Å². The van der Waals surface area contributed by atoms with Crippen LogP contribution in [-0.4, -0.2) is 35.0 Å². The molecule has 1 aliphatic rings. The second-order valence-electron chi connectivity index (χ2n) is 5.10. The van der Waals surface area contributed by atoms with Crippen LogP contribution in [0.2, 0.25) is 0 Å². The minimum Gasteiger partial charge on any atom is -0.478 e. The Labute approximate surface area is 122 Å². The molecule has 1 aromatic heterocycles. The quantitative estimate of drug-likeness (QED) is 0.849. The van der Waals surface area contributed by atoms with Crippen molar-refractivity contribution in [3.8, 4) is 0 Å². The van der Waals surface area contributed by atoms with E-state index in [2.05, 4.69) is 6.92 Å². The summed E-state index contributed by atoms with van der Waals surface area (Å²) < 4.78 is 0. The minimum absolute atomic E-state index is 0.0647. The summed E-state index contributed by atoms with van der Waals surface area (Å²) in [6.07, 6.45) is 6.05. The minimum atomic E-state index is -0.978. The number of aliphatic carboxylic acids is 1. The van der Waals surface area contributed by atoms with E-state index in [0.29, 0.717) is 11.5 Å². The molecule has 1 fully saturated rings. The maximum absolute atomic E-state index is 12.3. The SMILES string of the molecule is CCCC1CCN(C(=O)c2csc(/C=C/C(=O)O)c2)C1. The van der Waals surface area contributed by atoms with Crippen molar-refractivity contribution < 1.29 is 14.7 Å². The molecule has 0 spiro atoms. The van der Waals surface area contributed by atoms with Crippen LogP contribution in [0.1, 0.15) is 41.4 Å². The number of rotatable bonds is 5. The van der Waals surface area contributed by atoms with E-state index < -0.39 is 5.97 Å². The Morgan fingerprint density at radius 2 is 2.35 bits per heavy atom. The average Bonchev–Trinajstić information content (AvgIpc) is 3.05. The summed E-state index contributed by atoms with van der Waals surface area (Å²) in [6, 6.07) is 1.76. The molecule has 1 aromatic rings. The predicted octanol–water partition coefficient (Wildman–Crippen LogP) is 3.11. The molecule has 0 saturated carbocycles. The third kappa shape index (κ3) is 3.70. The molecular weight excluding hydrogens is 274 g/mol. The average molecular weight is 293 g/mol. The van der Waals surface area contributed by atoms with Gasteiger partial charge in [0.2, 0.25) is 0 Å². The third-order valence-electron chi connectivity index (χ3n) is 3.53. The highest BCUT2D eigenvalue weighted by atomic mass is 32.1. The lowest BCUT2D eigenvalue weighted by atomic mass is 10.0. The number of thiophene rings is 1. The number of carboxylic acids is 1. The molecule has 108 valence electrons. The van der Waals surface area contributed by atoms with Gasteiger partial charge in [-0.25, -0.2) is 4.79 Å². The van der Waals surface area contributed by atoms with Crippen molar-refractivity contribution >= 4 is 29.3 Å². The van der Waals surface area contributed by atoms with E-state index in [1.165, 1.54) is 23.8 Å². The predicted molar refractivity (Wildman–Crippen MR) is 79.9 cm³/mol. The van der Waals surface area contributed by atoms with Gasteiger partial charge in [0.1, 0.15) is 0 Å². The Kier molecular flexibility index (Phi) is 4.95. The van der Waals surface area contributed by atoms with Gasteiger partial charge < -0.3 is 10.0 Å². The number of nitrogens with zero attached hydrogens (tertiary/aromatic N) is 1. The standard InChI is InChI=1S/C15H19NO3S/c1-2-3-11-6-7-16(9-11)15(19)12-8-13(20-10-12)4-5-14(17)18/h4-5,8,10-11H,2-3,6-7,9H2,1H3,(H,17,18)/b5-4+. The molecule has 0 aromatic carbocycles. The van der Waals surface area contributed by atoms with Crippen LogP contribution in [0.4, 0.5) is 0 Å². The first-order chi connectivity index (χ1) is 9.60. The fraction of sp³-hybridized carbons (Fsp3) is 0.467. The van der Waals surface area contributed by atoms with E-state index in [9.17, 15) is 9.59 Å². The number of carbonyl (C=O) groups excluding carboxylic acids is 1. The lowest BCUT2D eigenvalue weighted by molar-refractivity contribution is -0.131. The van der Waals surface area contributed by atoms with Crippen molar-refractivity contribution in [2.24, 2.45) is 5.92 Å². The molecule has 1 amide bonds. The van der Waals surface area contributed by atoms with Crippen LogP contribution in [0.15, 0.2) is 17.5 Å². The molecule has 1 unspecified atom stereocenters. The van der Waals surface area contributed by atoms with Gasteiger partial charge >= 0.3 is 5.97 Å². The summed E-state index contributed by atoms with van der Waals surface area (Å²) in [7, 11) is 0. The summed E-state index contributed by atoms with van der Waals surface area (Å²) >= 11 is 1.39. The Morgan fingerprint density at radius 3 is 3.05 bits per heavy atom.